The molecule has 120 valence electrons. The first-order chi connectivity index (χ1) is 10.9. The number of carbonyl (C=O) groups excluding carboxylic acids is 1. The van der Waals surface area contributed by atoms with Gasteiger partial charge >= 0.3 is 5.97 Å². The van der Waals surface area contributed by atoms with Gasteiger partial charge < -0.3 is 4.74 Å². The van der Waals surface area contributed by atoms with Crippen LogP contribution in [0.5, 0.6) is 0 Å². The molecule has 3 rings (SSSR count). The third-order valence-electron chi connectivity index (χ3n) is 4.86. The second-order valence-corrected chi connectivity index (χ2v) is 6.95. The maximum atomic E-state index is 12.2. The molecule has 2 aromatic carbocycles. The molecule has 1 aliphatic rings. The fourth-order valence-electron chi connectivity index (χ4n) is 3.10. The van der Waals surface area contributed by atoms with Crippen LogP contribution in [0.3, 0.4) is 0 Å². The van der Waals surface area contributed by atoms with Crippen LogP contribution in [0.15, 0.2) is 42.5 Å². The summed E-state index contributed by atoms with van der Waals surface area (Å²) in [5.74, 6) is -0.186. The Morgan fingerprint density at radius 2 is 1.83 bits per heavy atom. The summed E-state index contributed by atoms with van der Waals surface area (Å²) in [4.78, 5) is 12.2. The molecule has 0 N–H and O–H groups in total. The van der Waals surface area contributed by atoms with Crippen LogP contribution in [0.25, 0.3) is 11.1 Å². The zero-order valence-electron chi connectivity index (χ0n) is 14.3. The molecule has 1 aliphatic carbocycles. The predicted octanol–water partition coefficient (Wildman–Crippen LogP) is 5.08. The van der Waals surface area contributed by atoms with Crippen LogP contribution in [-0.2, 0) is 21.6 Å². The van der Waals surface area contributed by atoms with Crippen molar-refractivity contribution in [2.24, 2.45) is 5.92 Å². The van der Waals surface area contributed by atoms with Gasteiger partial charge in [-0.1, -0.05) is 56.3 Å². The fourth-order valence-corrected chi connectivity index (χ4v) is 3.10. The van der Waals surface area contributed by atoms with Gasteiger partial charge in [-0.2, -0.15) is 0 Å². The summed E-state index contributed by atoms with van der Waals surface area (Å²) in [5.41, 5.74) is 5.76. The quantitative estimate of drug-likeness (QED) is 0.628. The van der Waals surface area contributed by atoms with Gasteiger partial charge in [-0.15, -0.1) is 0 Å². The monoisotopic (exact) mass is 308 g/mol. The fraction of sp³-hybridized carbons (Fsp3) is 0.381. The van der Waals surface area contributed by atoms with E-state index in [9.17, 15) is 4.79 Å². The molecule has 0 amide bonds. The van der Waals surface area contributed by atoms with E-state index >= 15 is 0 Å². The number of benzene rings is 2. The molecule has 2 aromatic rings. The van der Waals surface area contributed by atoms with Gasteiger partial charge in [0.05, 0.1) is 5.92 Å². The smallest absolute Gasteiger partial charge is 0.309 e. The third-order valence-corrected chi connectivity index (χ3v) is 4.86. The average molecular weight is 308 g/mol. The highest BCUT2D eigenvalue weighted by Gasteiger charge is 2.29. The Morgan fingerprint density at radius 3 is 2.57 bits per heavy atom. The number of ether oxygens (including phenoxy) is 1. The standard InChI is InChI=1S/C21H24O2/c1-5-14(2)20(22)23-21(3,4)17-10-11-19-16(13-17)12-15-8-6-7-9-18(15)19/h6-11,13-14H,5,12H2,1-4H3. The van der Waals surface area contributed by atoms with Gasteiger partial charge in [-0.05, 0) is 54.5 Å². The summed E-state index contributed by atoms with van der Waals surface area (Å²) in [7, 11) is 0. The molecule has 1 atom stereocenters. The maximum Gasteiger partial charge on any atom is 0.309 e. The molecule has 0 aromatic heterocycles. The maximum absolute atomic E-state index is 12.2. The number of carbonyl (C=O) groups is 1. The summed E-state index contributed by atoms with van der Waals surface area (Å²) in [5, 5.41) is 0. The molecule has 2 nitrogen and oxygen atoms in total. The van der Waals surface area contributed by atoms with Crippen molar-refractivity contribution in [3.63, 3.8) is 0 Å². The molecule has 1 unspecified atom stereocenters. The molecular formula is C21H24O2. The number of hydrogen-bond acceptors (Lipinski definition) is 2. The molecule has 0 bridgehead atoms. The van der Waals surface area contributed by atoms with Crippen molar-refractivity contribution in [2.45, 2.75) is 46.1 Å². The van der Waals surface area contributed by atoms with E-state index < -0.39 is 5.60 Å². The lowest BCUT2D eigenvalue weighted by molar-refractivity contribution is -0.162. The van der Waals surface area contributed by atoms with E-state index in [-0.39, 0.29) is 11.9 Å². The first kappa shape index (κ1) is 15.8. The lowest BCUT2D eigenvalue weighted by Gasteiger charge is -2.27. The van der Waals surface area contributed by atoms with E-state index in [1.54, 1.807) is 0 Å². The number of rotatable bonds is 4. The first-order valence-corrected chi connectivity index (χ1v) is 8.37. The van der Waals surface area contributed by atoms with Gasteiger partial charge in [-0.3, -0.25) is 4.79 Å². The van der Waals surface area contributed by atoms with Gasteiger partial charge in [-0.25, -0.2) is 0 Å². The van der Waals surface area contributed by atoms with Crippen LogP contribution in [0.1, 0.15) is 50.8 Å². The summed E-state index contributed by atoms with van der Waals surface area (Å²) in [6.07, 6.45) is 1.75. The van der Waals surface area contributed by atoms with Crippen molar-refractivity contribution in [1.29, 1.82) is 0 Å². The lowest BCUT2D eigenvalue weighted by atomic mass is 9.93. The number of hydrogen-bond donors (Lipinski definition) is 0. The second kappa shape index (κ2) is 5.84. The Morgan fingerprint density at radius 1 is 1.13 bits per heavy atom. The Hall–Kier alpha value is -2.09. The second-order valence-electron chi connectivity index (χ2n) is 6.95. The largest absolute Gasteiger partial charge is 0.455 e. The minimum Gasteiger partial charge on any atom is -0.455 e. The van der Waals surface area contributed by atoms with E-state index in [1.807, 2.05) is 27.7 Å². The Kier molecular flexibility index (Phi) is 4.01. The normalized spacial score (nSPS) is 14.1. The average Bonchev–Trinajstić information content (AvgIpc) is 2.91. The molecule has 0 saturated heterocycles. The first-order valence-electron chi connectivity index (χ1n) is 8.37. The Labute approximate surface area is 138 Å². The Bertz CT molecular complexity index is 743. The van der Waals surface area contributed by atoms with E-state index in [1.165, 1.54) is 22.3 Å². The molecule has 0 radical (unpaired) electrons. The molecule has 0 fully saturated rings. The van der Waals surface area contributed by atoms with Gasteiger partial charge in [0, 0.05) is 0 Å². The molecule has 0 spiro atoms. The van der Waals surface area contributed by atoms with Crippen LogP contribution in [0.4, 0.5) is 0 Å². The predicted molar refractivity (Wildman–Crippen MR) is 93.3 cm³/mol. The summed E-state index contributed by atoms with van der Waals surface area (Å²) in [6.45, 7) is 7.86. The minimum absolute atomic E-state index is 0.0621. The Balaban J connectivity index is 1.88. The van der Waals surface area contributed by atoms with Crippen molar-refractivity contribution in [1.82, 2.24) is 0 Å². The lowest BCUT2D eigenvalue weighted by Crippen LogP contribution is -2.28. The van der Waals surface area contributed by atoms with Gasteiger partial charge in [0.15, 0.2) is 0 Å². The van der Waals surface area contributed by atoms with Crippen molar-refractivity contribution in [2.75, 3.05) is 0 Å². The van der Waals surface area contributed by atoms with Crippen LogP contribution < -0.4 is 0 Å². The molecule has 2 heteroatoms. The highest BCUT2D eigenvalue weighted by atomic mass is 16.6. The molecule has 0 aliphatic heterocycles. The van der Waals surface area contributed by atoms with Crippen molar-refractivity contribution in [3.05, 3.63) is 59.2 Å². The van der Waals surface area contributed by atoms with Crippen LogP contribution in [0.2, 0.25) is 0 Å². The van der Waals surface area contributed by atoms with Crippen molar-refractivity contribution >= 4 is 5.97 Å². The summed E-state index contributed by atoms with van der Waals surface area (Å²) < 4.78 is 5.77. The van der Waals surface area contributed by atoms with E-state index in [2.05, 4.69) is 42.5 Å². The topological polar surface area (TPSA) is 26.3 Å². The SMILES string of the molecule is CCC(C)C(=O)OC(C)(C)c1ccc2c(c1)Cc1ccccc1-2. The van der Waals surface area contributed by atoms with Crippen LogP contribution in [0, 0.1) is 5.92 Å². The number of fused-ring (bicyclic) bond motifs is 3. The third kappa shape index (κ3) is 2.90. The van der Waals surface area contributed by atoms with Crippen LogP contribution in [-0.4, -0.2) is 5.97 Å². The number of esters is 1. The zero-order valence-corrected chi connectivity index (χ0v) is 14.3. The van der Waals surface area contributed by atoms with E-state index in [0.717, 1.165) is 18.4 Å². The molecule has 0 saturated carbocycles. The molecule has 0 heterocycles. The molecular weight excluding hydrogens is 284 g/mol. The van der Waals surface area contributed by atoms with Gasteiger partial charge in [0.1, 0.15) is 5.60 Å². The van der Waals surface area contributed by atoms with Crippen molar-refractivity contribution in [3.8, 4) is 11.1 Å². The van der Waals surface area contributed by atoms with Gasteiger partial charge in [0.25, 0.3) is 0 Å². The summed E-state index contributed by atoms with van der Waals surface area (Å²) in [6, 6.07) is 15.0. The minimum atomic E-state index is -0.607. The van der Waals surface area contributed by atoms with E-state index in [4.69, 9.17) is 4.74 Å². The highest BCUT2D eigenvalue weighted by Crippen LogP contribution is 2.39. The molecule has 23 heavy (non-hydrogen) atoms. The van der Waals surface area contributed by atoms with Gasteiger partial charge in [0.2, 0.25) is 0 Å². The van der Waals surface area contributed by atoms with Crippen molar-refractivity contribution < 1.29 is 9.53 Å². The summed E-state index contributed by atoms with van der Waals surface area (Å²) >= 11 is 0. The zero-order chi connectivity index (χ0) is 16.6. The van der Waals surface area contributed by atoms with Crippen LogP contribution >= 0.6 is 0 Å². The van der Waals surface area contributed by atoms with E-state index in [0.29, 0.717) is 0 Å². The highest BCUT2D eigenvalue weighted by molar-refractivity contribution is 5.77.